The van der Waals surface area contributed by atoms with Crippen LogP contribution in [0.5, 0.6) is 0 Å². The van der Waals surface area contributed by atoms with Gasteiger partial charge in [0.2, 0.25) is 0 Å². The van der Waals surface area contributed by atoms with Gasteiger partial charge in [-0.2, -0.15) is 0 Å². The molecule has 0 radical (unpaired) electrons. The van der Waals surface area contributed by atoms with Gasteiger partial charge < -0.3 is 5.11 Å². The summed E-state index contributed by atoms with van der Waals surface area (Å²) in [5.41, 5.74) is 1.23. The van der Waals surface area contributed by atoms with Crippen LogP contribution in [0.25, 0.3) is 0 Å². The number of nitrogens with one attached hydrogen (secondary N) is 1. The summed E-state index contributed by atoms with van der Waals surface area (Å²) in [6.45, 7) is 3.52. The molecule has 1 unspecified atom stereocenters. The first kappa shape index (κ1) is 14.0. The van der Waals surface area contributed by atoms with E-state index in [1.54, 1.807) is 43.3 Å². The molecular formula is C13H15NO3S2. The molecule has 0 aliphatic rings. The van der Waals surface area contributed by atoms with Crippen LogP contribution in [0.2, 0.25) is 0 Å². The van der Waals surface area contributed by atoms with E-state index in [0.717, 1.165) is 10.4 Å². The molecule has 1 heterocycles. The zero-order valence-corrected chi connectivity index (χ0v) is 12.3. The average Bonchev–Trinajstić information content (AvgIpc) is 2.77. The average molecular weight is 297 g/mol. The van der Waals surface area contributed by atoms with Crippen LogP contribution in [0.3, 0.4) is 0 Å². The Morgan fingerprint density at radius 2 is 1.79 bits per heavy atom. The quantitative estimate of drug-likeness (QED) is 0.912. The number of thiophene rings is 1. The summed E-state index contributed by atoms with van der Waals surface area (Å²) in [4.78, 5) is 0.949. The van der Waals surface area contributed by atoms with Crippen molar-refractivity contribution in [3.8, 4) is 0 Å². The Morgan fingerprint density at radius 1 is 1.16 bits per heavy atom. The second-order valence-electron chi connectivity index (χ2n) is 4.27. The lowest BCUT2D eigenvalue weighted by Crippen LogP contribution is -2.11. The third-order valence-corrected chi connectivity index (χ3v) is 5.50. The minimum absolute atomic E-state index is 0.296. The standard InChI is InChI=1S/C13H15NO3S2/c1-9-3-8-13(18-9)19(16,17)14-12-6-4-11(5-7-12)10(2)15/h3-8,10,14-15H,1-2H3. The first-order valence-electron chi connectivity index (χ1n) is 5.76. The molecule has 1 atom stereocenters. The van der Waals surface area contributed by atoms with E-state index in [0.29, 0.717) is 9.90 Å². The Hall–Kier alpha value is -1.37. The zero-order valence-electron chi connectivity index (χ0n) is 10.6. The summed E-state index contributed by atoms with van der Waals surface area (Å²) >= 11 is 1.23. The van der Waals surface area contributed by atoms with Crippen molar-refractivity contribution in [1.82, 2.24) is 0 Å². The number of hydrogen-bond donors (Lipinski definition) is 2. The number of hydrogen-bond acceptors (Lipinski definition) is 4. The van der Waals surface area contributed by atoms with Crippen molar-refractivity contribution in [1.29, 1.82) is 0 Å². The summed E-state index contributed by atoms with van der Waals surface area (Å²) in [6.07, 6.45) is -0.564. The number of aliphatic hydroxyl groups excluding tert-OH is 1. The Bertz CT molecular complexity index is 657. The van der Waals surface area contributed by atoms with Gasteiger partial charge in [-0.15, -0.1) is 11.3 Å². The lowest BCUT2D eigenvalue weighted by molar-refractivity contribution is 0.199. The lowest BCUT2D eigenvalue weighted by Gasteiger charge is -2.08. The van der Waals surface area contributed by atoms with E-state index in [2.05, 4.69) is 4.72 Å². The summed E-state index contributed by atoms with van der Waals surface area (Å²) in [5.74, 6) is 0. The Kier molecular flexibility index (Phi) is 3.93. The molecule has 0 bridgehead atoms. The summed E-state index contributed by atoms with van der Waals surface area (Å²) in [5, 5.41) is 9.39. The molecule has 6 heteroatoms. The van der Waals surface area contributed by atoms with Crippen molar-refractivity contribution >= 4 is 27.0 Å². The van der Waals surface area contributed by atoms with Crippen LogP contribution in [0.4, 0.5) is 5.69 Å². The largest absolute Gasteiger partial charge is 0.389 e. The molecule has 0 saturated carbocycles. The zero-order chi connectivity index (χ0) is 14.0. The fourth-order valence-electron chi connectivity index (χ4n) is 1.59. The van der Waals surface area contributed by atoms with Gasteiger partial charge in [0.1, 0.15) is 4.21 Å². The molecule has 4 nitrogen and oxygen atoms in total. The molecule has 0 amide bonds. The molecule has 2 aromatic rings. The van der Waals surface area contributed by atoms with Gasteiger partial charge in [-0.05, 0) is 43.7 Å². The molecule has 102 valence electrons. The predicted octanol–water partition coefficient (Wildman–Crippen LogP) is 2.91. The summed E-state index contributed by atoms with van der Waals surface area (Å²) in [6, 6.07) is 10.0. The van der Waals surface area contributed by atoms with Crippen LogP contribution < -0.4 is 4.72 Å². The molecule has 0 aliphatic carbocycles. The van der Waals surface area contributed by atoms with Crippen LogP contribution in [-0.2, 0) is 10.0 Å². The van der Waals surface area contributed by atoms with Crippen molar-refractivity contribution in [2.75, 3.05) is 4.72 Å². The first-order valence-corrected chi connectivity index (χ1v) is 8.06. The van der Waals surface area contributed by atoms with E-state index in [1.807, 2.05) is 6.92 Å². The first-order chi connectivity index (χ1) is 8.88. The highest BCUT2D eigenvalue weighted by atomic mass is 32.2. The van der Waals surface area contributed by atoms with Gasteiger partial charge in [-0.25, -0.2) is 8.42 Å². The van der Waals surface area contributed by atoms with E-state index in [9.17, 15) is 13.5 Å². The van der Waals surface area contributed by atoms with E-state index >= 15 is 0 Å². The molecule has 0 aliphatic heterocycles. The molecule has 1 aromatic heterocycles. The Labute approximate surface area is 116 Å². The Morgan fingerprint density at radius 3 is 2.26 bits per heavy atom. The minimum Gasteiger partial charge on any atom is -0.389 e. The van der Waals surface area contributed by atoms with Gasteiger partial charge in [0.25, 0.3) is 10.0 Å². The minimum atomic E-state index is -3.52. The smallest absolute Gasteiger partial charge is 0.271 e. The Balaban J connectivity index is 2.21. The van der Waals surface area contributed by atoms with Crippen LogP contribution in [-0.4, -0.2) is 13.5 Å². The fraction of sp³-hybridized carbons (Fsp3) is 0.231. The molecule has 0 fully saturated rings. The number of benzene rings is 1. The fourth-order valence-corrected chi connectivity index (χ4v) is 3.93. The third kappa shape index (κ3) is 3.34. The number of sulfonamides is 1. The maximum Gasteiger partial charge on any atom is 0.271 e. The normalized spacial score (nSPS) is 13.2. The van der Waals surface area contributed by atoms with Crippen molar-refractivity contribution < 1.29 is 13.5 Å². The van der Waals surface area contributed by atoms with Gasteiger partial charge in [-0.1, -0.05) is 12.1 Å². The predicted molar refractivity (Wildman–Crippen MR) is 76.9 cm³/mol. The van der Waals surface area contributed by atoms with Crippen molar-refractivity contribution in [3.63, 3.8) is 0 Å². The van der Waals surface area contributed by atoms with E-state index < -0.39 is 16.1 Å². The topological polar surface area (TPSA) is 66.4 Å². The third-order valence-electron chi connectivity index (χ3n) is 2.63. The highest BCUT2D eigenvalue weighted by Crippen LogP contribution is 2.24. The maximum atomic E-state index is 12.1. The summed E-state index contributed by atoms with van der Waals surface area (Å²) in [7, 11) is -3.52. The van der Waals surface area contributed by atoms with Crippen molar-refractivity contribution in [2.45, 2.75) is 24.2 Å². The van der Waals surface area contributed by atoms with Crippen LogP contribution in [0.15, 0.2) is 40.6 Å². The van der Waals surface area contributed by atoms with Crippen molar-refractivity contribution in [3.05, 3.63) is 46.8 Å². The van der Waals surface area contributed by atoms with Gasteiger partial charge in [0.05, 0.1) is 6.10 Å². The van der Waals surface area contributed by atoms with E-state index in [-0.39, 0.29) is 0 Å². The summed E-state index contributed by atoms with van der Waals surface area (Å²) < 4.78 is 27.0. The molecule has 0 saturated heterocycles. The number of aliphatic hydroxyl groups is 1. The van der Waals surface area contributed by atoms with Crippen LogP contribution in [0, 0.1) is 6.92 Å². The van der Waals surface area contributed by atoms with Gasteiger partial charge in [0.15, 0.2) is 0 Å². The SMILES string of the molecule is Cc1ccc(S(=O)(=O)Nc2ccc(C(C)O)cc2)s1. The number of anilines is 1. The van der Waals surface area contributed by atoms with Gasteiger partial charge in [0, 0.05) is 10.6 Å². The van der Waals surface area contributed by atoms with E-state index in [1.165, 1.54) is 11.3 Å². The monoisotopic (exact) mass is 297 g/mol. The second kappa shape index (κ2) is 5.32. The lowest BCUT2D eigenvalue weighted by atomic mass is 10.1. The second-order valence-corrected chi connectivity index (χ2v) is 7.47. The maximum absolute atomic E-state index is 12.1. The highest BCUT2D eigenvalue weighted by Gasteiger charge is 2.16. The molecule has 2 N–H and O–H groups in total. The molecule has 2 rings (SSSR count). The van der Waals surface area contributed by atoms with E-state index in [4.69, 9.17) is 0 Å². The van der Waals surface area contributed by atoms with Crippen molar-refractivity contribution in [2.24, 2.45) is 0 Å². The molecule has 0 spiro atoms. The highest BCUT2D eigenvalue weighted by molar-refractivity contribution is 7.94. The molecule has 1 aromatic carbocycles. The number of aryl methyl sites for hydroxylation is 1. The number of rotatable bonds is 4. The van der Waals surface area contributed by atoms with Crippen LogP contribution in [0.1, 0.15) is 23.5 Å². The van der Waals surface area contributed by atoms with Gasteiger partial charge in [-0.3, -0.25) is 4.72 Å². The van der Waals surface area contributed by atoms with Gasteiger partial charge >= 0.3 is 0 Å². The molecule has 19 heavy (non-hydrogen) atoms. The van der Waals surface area contributed by atoms with Crippen LogP contribution >= 0.6 is 11.3 Å². The molecular weight excluding hydrogens is 282 g/mol.